The highest BCUT2D eigenvalue weighted by atomic mass is 32.1. The third-order valence-electron chi connectivity index (χ3n) is 3.55. The van der Waals surface area contributed by atoms with Gasteiger partial charge in [0.15, 0.2) is 16.7 Å². The number of amides is 1. The lowest BCUT2D eigenvalue weighted by Gasteiger charge is -2.11. The van der Waals surface area contributed by atoms with E-state index >= 15 is 0 Å². The number of nitrogens with zero attached hydrogens (tertiary/aromatic N) is 4. The van der Waals surface area contributed by atoms with Crippen LogP contribution < -0.4 is 5.32 Å². The van der Waals surface area contributed by atoms with Gasteiger partial charge in [0, 0.05) is 18.5 Å². The SMILES string of the molecule is CC(=O)c1csc(NC(=O)c2cnn(-c3ccccn3)c2C(C)C)n1. The number of carbonyl (C=O) groups excluding carboxylic acids is 2. The quantitative estimate of drug-likeness (QED) is 0.709. The molecular weight excluding hydrogens is 338 g/mol. The zero-order valence-corrected chi connectivity index (χ0v) is 14.9. The molecule has 0 saturated heterocycles. The minimum absolute atomic E-state index is 0.0642. The van der Waals surface area contributed by atoms with Gasteiger partial charge in [-0.05, 0) is 18.1 Å². The van der Waals surface area contributed by atoms with Crippen LogP contribution in [0.1, 0.15) is 53.2 Å². The number of thiazole rings is 1. The molecule has 0 bridgehead atoms. The van der Waals surface area contributed by atoms with Gasteiger partial charge in [0.25, 0.3) is 5.91 Å². The van der Waals surface area contributed by atoms with E-state index in [2.05, 4.69) is 20.4 Å². The minimum Gasteiger partial charge on any atom is -0.298 e. The lowest BCUT2D eigenvalue weighted by atomic mass is 10.1. The van der Waals surface area contributed by atoms with Crippen LogP contribution in [-0.4, -0.2) is 31.4 Å². The molecule has 3 aromatic rings. The van der Waals surface area contributed by atoms with E-state index in [4.69, 9.17) is 0 Å². The van der Waals surface area contributed by atoms with Crippen molar-refractivity contribution in [2.45, 2.75) is 26.7 Å². The Kier molecular flexibility index (Phi) is 4.71. The molecule has 3 rings (SSSR count). The average molecular weight is 355 g/mol. The van der Waals surface area contributed by atoms with Gasteiger partial charge in [0.1, 0.15) is 5.69 Å². The Hall–Kier alpha value is -2.87. The molecule has 0 spiro atoms. The smallest absolute Gasteiger partial charge is 0.260 e. The van der Waals surface area contributed by atoms with Gasteiger partial charge in [-0.15, -0.1) is 11.3 Å². The molecule has 1 N–H and O–H groups in total. The Morgan fingerprint density at radius 3 is 2.68 bits per heavy atom. The van der Waals surface area contributed by atoms with Crippen LogP contribution in [0.5, 0.6) is 0 Å². The highest BCUT2D eigenvalue weighted by molar-refractivity contribution is 7.14. The molecule has 0 aliphatic heterocycles. The molecule has 0 atom stereocenters. The normalized spacial score (nSPS) is 10.9. The predicted octanol–water partition coefficient (Wildman–Crippen LogP) is 3.30. The van der Waals surface area contributed by atoms with Gasteiger partial charge in [0.2, 0.25) is 0 Å². The van der Waals surface area contributed by atoms with Gasteiger partial charge >= 0.3 is 0 Å². The number of hydrogen-bond donors (Lipinski definition) is 1. The van der Waals surface area contributed by atoms with E-state index in [-0.39, 0.29) is 17.6 Å². The molecule has 0 aliphatic rings. The van der Waals surface area contributed by atoms with E-state index in [1.54, 1.807) is 16.3 Å². The van der Waals surface area contributed by atoms with E-state index in [0.717, 1.165) is 5.69 Å². The summed E-state index contributed by atoms with van der Waals surface area (Å²) < 4.78 is 1.67. The van der Waals surface area contributed by atoms with Crippen LogP contribution in [0.15, 0.2) is 36.0 Å². The van der Waals surface area contributed by atoms with Crippen molar-refractivity contribution in [1.82, 2.24) is 19.7 Å². The van der Waals surface area contributed by atoms with Crippen molar-refractivity contribution in [3.8, 4) is 5.82 Å². The third-order valence-corrected chi connectivity index (χ3v) is 4.31. The lowest BCUT2D eigenvalue weighted by Crippen LogP contribution is -2.15. The summed E-state index contributed by atoms with van der Waals surface area (Å²) in [5, 5.41) is 9.07. The molecule has 0 fully saturated rings. The number of anilines is 1. The molecule has 0 aromatic carbocycles. The van der Waals surface area contributed by atoms with Crippen LogP contribution in [0.2, 0.25) is 0 Å². The van der Waals surface area contributed by atoms with E-state index < -0.39 is 0 Å². The predicted molar refractivity (Wildman–Crippen MR) is 95.5 cm³/mol. The van der Waals surface area contributed by atoms with Gasteiger partial charge in [-0.3, -0.25) is 14.9 Å². The van der Waals surface area contributed by atoms with Crippen molar-refractivity contribution in [3.63, 3.8) is 0 Å². The van der Waals surface area contributed by atoms with E-state index in [1.165, 1.54) is 24.5 Å². The molecule has 7 nitrogen and oxygen atoms in total. The summed E-state index contributed by atoms with van der Waals surface area (Å²) >= 11 is 1.21. The van der Waals surface area contributed by atoms with E-state index in [1.807, 2.05) is 32.0 Å². The Bertz CT molecular complexity index is 914. The fraction of sp³-hybridized carbons (Fsp3) is 0.235. The van der Waals surface area contributed by atoms with Crippen LogP contribution in [0.25, 0.3) is 5.82 Å². The summed E-state index contributed by atoms with van der Waals surface area (Å²) in [7, 11) is 0. The maximum Gasteiger partial charge on any atom is 0.260 e. The molecule has 25 heavy (non-hydrogen) atoms. The Morgan fingerprint density at radius 2 is 2.08 bits per heavy atom. The molecular formula is C17H17N5O2S. The largest absolute Gasteiger partial charge is 0.298 e. The number of nitrogens with one attached hydrogen (secondary N) is 1. The van der Waals surface area contributed by atoms with Crippen molar-refractivity contribution >= 4 is 28.2 Å². The van der Waals surface area contributed by atoms with Crippen LogP contribution in [0.4, 0.5) is 5.13 Å². The van der Waals surface area contributed by atoms with Crippen molar-refractivity contribution in [1.29, 1.82) is 0 Å². The van der Waals surface area contributed by atoms with Gasteiger partial charge in [0.05, 0.1) is 17.5 Å². The number of carbonyl (C=O) groups is 2. The Balaban J connectivity index is 1.92. The molecule has 8 heteroatoms. The van der Waals surface area contributed by atoms with Crippen molar-refractivity contribution in [3.05, 3.63) is 52.9 Å². The second-order valence-electron chi connectivity index (χ2n) is 5.75. The van der Waals surface area contributed by atoms with E-state index in [0.29, 0.717) is 22.2 Å². The van der Waals surface area contributed by atoms with Gasteiger partial charge in [-0.25, -0.2) is 14.6 Å². The third kappa shape index (κ3) is 3.48. The molecule has 0 saturated carbocycles. The van der Waals surface area contributed by atoms with Gasteiger partial charge in [-0.2, -0.15) is 5.10 Å². The summed E-state index contributed by atoms with van der Waals surface area (Å²) in [6, 6.07) is 5.53. The first-order valence-electron chi connectivity index (χ1n) is 7.74. The Labute approximate surface area is 148 Å². The van der Waals surface area contributed by atoms with Crippen LogP contribution in [0.3, 0.4) is 0 Å². The fourth-order valence-corrected chi connectivity index (χ4v) is 3.15. The number of pyridine rings is 1. The summed E-state index contributed by atoms with van der Waals surface area (Å²) in [6.45, 7) is 5.42. The average Bonchev–Trinajstić information content (AvgIpc) is 3.22. The fourth-order valence-electron chi connectivity index (χ4n) is 2.41. The number of Topliss-reactive ketones (excluding diaryl/α,β-unsaturated/α-hetero) is 1. The lowest BCUT2D eigenvalue weighted by molar-refractivity contribution is 0.100. The van der Waals surface area contributed by atoms with Crippen LogP contribution in [0, 0.1) is 0 Å². The molecule has 0 radical (unpaired) electrons. The van der Waals surface area contributed by atoms with E-state index in [9.17, 15) is 9.59 Å². The number of hydrogen-bond acceptors (Lipinski definition) is 6. The highest BCUT2D eigenvalue weighted by Crippen LogP contribution is 2.24. The summed E-state index contributed by atoms with van der Waals surface area (Å²) in [5.41, 5.74) is 1.56. The molecule has 1 amide bonds. The molecule has 3 aromatic heterocycles. The number of rotatable bonds is 5. The number of ketones is 1. The molecule has 0 unspecified atom stereocenters. The first-order valence-corrected chi connectivity index (χ1v) is 8.62. The van der Waals surface area contributed by atoms with Crippen molar-refractivity contribution in [2.75, 3.05) is 5.32 Å². The summed E-state index contributed by atoms with van der Waals surface area (Å²) in [5.74, 6) is 0.269. The highest BCUT2D eigenvalue weighted by Gasteiger charge is 2.22. The Morgan fingerprint density at radius 1 is 1.28 bits per heavy atom. The minimum atomic E-state index is -0.310. The van der Waals surface area contributed by atoms with Crippen LogP contribution in [-0.2, 0) is 0 Å². The molecule has 3 heterocycles. The topological polar surface area (TPSA) is 89.8 Å². The zero-order chi connectivity index (χ0) is 18.0. The van der Waals surface area contributed by atoms with Gasteiger partial charge in [-0.1, -0.05) is 19.9 Å². The molecule has 0 aliphatic carbocycles. The summed E-state index contributed by atoms with van der Waals surface area (Å²) in [4.78, 5) is 32.4. The standard InChI is InChI=1S/C17H17N5O2S/c1-10(2)15-12(8-19-22(15)14-6-4-5-7-18-14)16(24)21-17-20-13(9-25-17)11(3)23/h4-10H,1-3H3,(H,20,21,24). The maximum absolute atomic E-state index is 12.7. The first-order chi connectivity index (χ1) is 12.0. The van der Waals surface area contributed by atoms with Gasteiger partial charge < -0.3 is 0 Å². The second kappa shape index (κ2) is 6.94. The molecule has 128 valence electrons. The zero-order valence-electron chi connectivity index (χ0n) is 14.1. The maximum atomic E-state index is 12.7. The summed E-state index contributed by atoms with van der Waals surface area (Å²) in [6.07, 6.45) is 3.21. The second-order valence-corrected chi connectivity index (χ2v) is 6.60. The van der Waals surface area contributed by atoms with Crippen molar-refractivity contribution < 1.29 is 9.59 Å². The number of aromatic nitrogens is 4. The van der Waals surface area contributed by atoms with Crippen molar-refractivity contribution in [2.24, 2.45) is 0 Å². The van der Waals surface area contributed by atoms with Crippen LogP contribution >= 0.6 is 11.3 Å². The first kappa shape index (κ1) is 17.0. The monoisotopic (exact) mass is 355 g/mol.